The maximum absolute atomic E-state index is 11.8. The predicted octanol–water partition coefficient (Wildman–Crippen LogP) is 1.04. The van der Waals surface area contributed by atoms with Crippen molar-refractivity contribution in [3.05, 3.63) is 23.8 Å². The number of aliphatic hydroxyl groups is 1. The van der Waals surface area contributed by atoms with Crippen LogP contribution < -0.4 is 15.4 Å². The molecule has 1 atom stereocenters. The predicted molar refractivity (Wildman–Crippen MR) is 75.4 cm³/mol. The van der Waals surface area contributed by atoms with Crippen LogP contribution in [0.15, 0.2) is 18.2 Å². The fourth-order valence-corrected chi connectivity index (χ4v) is 1.70. The Morgan fingerprint density at radius 2 is 2.10 bits per heavy atom. The molecule has 2 amide bonds. The second-order valence-corrected chi connectivity index (χ2v) is 4.33. The number of hydrogen-bond acceptors (Lipinski definition) is 4. The molecule has 6 nitrogen and oxygen atoms in total. The van der Waals surface area contributed by atoms with E-state index in [9.17, 15) is 14.7 Å². The summed E-state index contributed by atoms with van der Waals surface area (Å²) in [6, 6.07) is 4.39. The fourth-order valence-electron chi connectivity index (χ4n) is 1.70. The summed E-state index contributed by atoms with van der Waals surface area (Å²) >= 11 is 0. The molecule has 1 aromatic carbocycles. The number of carbonyl (C=O) groups is 2. The van der Waals surface area contributed by atoms with Crippen molar-refractivity contribution in [2.45, 2.75) is 33.4 Å². The minimum absolute atomic E-state index is 0.180. The Balaban J connectivity index is 2.77. The lowest BCUT2D eigenvalue weighted by atomic mass is 10.1. The summed E-state index contributed by atoms with van der Waals surface area (Å²) in [4.78, 5) is 22.7. The highest BCUT2D eigenvalue weighted by atomic mass is 16.5. The van der Waals surface area contributed by atoms with E-state index in [2.05, 4.69) is 10.6 Å². The average Bonchev–Trinajstić information content (AvgIpc) is 2.39. The van der Waals surface area contributed by atoms with Crippen molar-refractivity contribution >= 4 is 17.5 Å². The fraction of sp³-hybridized carbons (Fsp3) is 0.429. The summed E-state index contributed by atoms with van der Waals surface area (Å²) in [7, 11) is 0. The van der Waals surface area contributed by atoms with Gasteiger partial charge in [0.15, 0.2) is 0 Å². The van der Waals surface area contributed by atoms with Gasteiger partial charge < -0.3 is 20.5 Å². The van der Waals surface area contributed by atoms with Crippen molar-refractivity contribution in [3.8, 4) is 5.75 Å². The minimum Gasteiger partial charge on any atom is -0.494 e. The quantitative estimate of drug-likeness (QED) is 0.726. The van der Waals surface area contributed by atoms with E-state index in [1.807, 2.05) is 6.92 Å². The molecular formula is C14H20N2O4. The van der Waals surface area contributed by atoms with Gasteiger partial charge in [0.2, 0.25) is 11.8 Å². The SMILES string of the molecule is CCOc1ccc(NC(=O)C(C)NC(C)=O)cc1CO. The molecule has 0 saturated heterocycles. The molecule has 0 spiro atoms. The molecule has 0 aromatic heterocycles. The summed E-state index contributed by atoms with van der Waals surface area (Å²) in [5.41, 5.74) is 1.14. The Hall–Kier alpha value is -2.08. The largest absolute Gasteiger partial charge is 0.494 e. The monoisotopic (exact) mass is 280 g/mol. The molecule has 1 unspecified atom stereocenters. The Morgan fingerprint density at radius 1 is 1.40 bits per heavy atom. The molecule has 0 saturated carbocycles. The van der Waals surface area contributed by atoms with Gasteiger partial charge in [-0.2, -0.15) is 0 Å². The van der Waals surface area contributed by atoms with Crippen molar-refractivity contribution < 1.29 is 19.4 Å². The Kier molecular flexibility index (Phi) is 5.99. The second kappa shape index (κ2) is 7.49. The molecule has 20 heavy (non-hydrogen) atoms. The minimum atomic E-state index is -0.628. The summed E-state index contributed by atoms with van der Waals surface area (Å²) in [6.45, 7) is 5.12. The molecule has 0 bridgehead atoms. The molecule has 1 aromatic rings. The molecule has 0 aliphatic carbocycles. The number of ether oxygens (including phenoxy) is 1. The van der Waals surface area contributed by atoms with Crippen LogP contribution in [0.4, 0.5) is 5.69 Å². The van der Waals surface area contributed by atoms with Crippen LogP contribution in [-0.2, 0) is 16.2 Å². The third-order valence-electron chi connectivity index (χ3n) is 2.61. The Labute approximate surface area is 118 Å². The van der Waals surface area contributed by atoms with Crippen molar-refractivity contribution in [2.24, 2.45) is 0 Å². The van der Waals surface area contributed by atoms with Crippen molar-refractivity contribution in [3.63, 3.8) is 0 Å². The summed E-state index contributed by atoms with van der Waals surface area (Å²) in [5.74, 6) is -0.00782. The topological polar surface area (TPSA) is 87.7 Å². The van der Waals surface area contributed by atoms with Crippen molar-refractivity contribution in [2.75, 3.05) is 11.9 Å². The van der Waals surface area contributed by atoms with Gasteiger partial charge in [0.05, 0.1) is 13.2 Å². The van der Waals surface area contributed by atoms with Gasteiger partial charge in [0.25, 0.3) is 0 Å². The molecule has 0 fully saturated rings. The summed E-state index contributed by atoms with van der Waals surface area (Å²) < 4.78 is 5.36. The van der Waals surface area contributed by atoms with Crippen molar-refractivity contribution in [1.29, 1.82) is 0 Å². The highest BCUT2D eigenvalue weighted by Gasteiger charge is 2.14. The van der Waals surface area contributed by atoms with E-state index in [0.29, 0.717) is 23.6 Å². The van der Waals surface area contributed by atoms with E-state index in [4.69, 9.17) is 4.74 Å². The van der Waals surface area contributed by atoms with Gasteiger partial charge in [-0.25, -0.2) is 0 Å². The first-order chi connectivity index (χ1) is 9.47. The maximum atomic E-state index is 11.8. The lowest BCUT2D eigenvalue weighted by molar-refractivity contribution is -0.124. The summed E-state index contributed by atoms with van der Waals surface area (Å²) in [6.07, 6.45) is 0. The third-order valence-corrected chi connectivity index (χ3v) is 2.61. The molecule has 1 rings (SSSR count). The van der Waals surface area contributed by atoms with Gasteiger partial charge in [-0.15, -0.1) is 0 Å². The maximum Gasteiger partial charge on any atom is 0.246 e. The first-order valence-electron chi connectivity index (χ1n) is 6.42. The number of hydrogen-bond donors (Lipinski definition) is 3. The lowest BCUT2D eigenvalue weighted by Crippen LogP contribution is -2.40. The Morgan fingerprint density at radius 3 is 2.65 bits per heavy atom. The van der Waals surface area contributed by atoms with Gasteiger partial charge in [-0.3, -0.25) is 9.59 Å². The number of anilines is 1. The van der Waals surface area contributed by atoms with Crippen LogP contribution in [0.5, 0.6) is 5.75 Å². The van der Waals surface area contributed by atoms with E-state index in [1.54, 1.807) is 25.1 Å². The van der Waals surface area contributed by atoms with Crippen LogP contribution in [0.25, 0.3) is 0 Å². The summed E-state index contributed by atoms with van der Waals surface area (Å²) in [5, 5.41) is 14.5. The zero-order chi connectivity index (χ0) is 15.1. The second-order valence-electron chi connectivity index (χ2n) is 4.33. The van der Waals surface area contributed by atoms with E-state index in [-0.39, 0.29) is 18.4 Å². The molecule has 0 heterocycles. The van der Waals surface area contributed by atoms with Gasteiger partial charge in [0, 0.05) is 18.2 Å². The number of amides is 2. The first-order valence-corrected chi connectivity index (χ1v) is 6.42. The molecule has 6 heteroatoms. The lowest BCUT2D eigenvalue weighted by Gasteiger charge is -2.14. The number of nitrogens with one attached hydrogen (secondary N) is 2. The van der Waals surface area contributed by atoms with Gasteiger partial charge in [-0.05, 0) is 32.0 Å². The third kappa shape index (κ3) is 4.55. The zero-order valence-corrected chi connectivity index (χ0v) is 11.9. The molecule has 0 aliphatic rings. The highest BCUT2D eigenvalue weighted by Crippen LogP contribution is 2.23. The standard InChI is InChI=1S/C14H20N2O4/c1-4-20-13-6-5-12(7-11(13)8-17)16-14(19)9(2)15-10(3)18/h5-7,9,17H,4,8H2,1-3H3,(H,15,18)(H,16,19). The van der Waals surface area contributed by atoms with Crippen LogP contribution in [-0.4, -0.2) is 29.6 Å². The number of aliphatic hydroxyl groups excluding tert-OH is 1. The first kappa shape index (κ1) is 16.0. The van der Waals surface area contributed by atoms with Gasteiger partial charge >= 0.3 is 0 Å². The molecule has 0 radical (unpaired) electrons. The zero-order valence-electron chi connectivity index (χ0n) is 11.9. The number of rotatable bonds is 6. The normalized spacial score (nSPS) is 11.6. The van der Waals surface area contributed by atoms with E-state index in [1.165, 1.54) is 6.92 Å². The molecule has 3 N–H and O–H groups in total. The molecule has 0 aliphatic heterocycles. The number of carbonyl (C=O) groups excluding carboxylic acids is 2. The smallest absolute Gasteiger partial charge is 0.246 e. The van der Waals surface area contributed by atoms with E-state index in [0.717, 1.165) is 0 Å². The van der Waals surface area contributed by atoms with Gasteiger partial charge in [0.1, 0.15) is 11.8 Å². The van der Waals surface area contributed by atoms with E-state index >= 15 is 0 Å². The van der Waals surface area contributed by atoms with Crippen LogP contribution in [0.3, 0.4) is 0 Å². The average molecular weight is 280 g/mol. The molecular weight excluding hydrogens is 260 g/mol. The van der Waals surface area contributed by atoms with Crippen LogP contribution in [0.1, 0.15) is 26.3 Å². The van der Waals surface area contributed by atoms with Crippen molar-refractivity contribution in [1.82, 2.24) is 5.32 Å². The van der Waals surface area contributed by atoms with Crippen LogP contribution in [0, 0.1) is 0 Å². The highest BCUT2D eigenvalue weighted by molar-refractivity contribution is 5.96. The number of benzene rings is 1. The van der Waals surface area contributed by atoms with Crippen LogP contribution >= 0.6 is 0 Å². The van der Waals surface area contributed by atoms with E-state index < -0.39 is 6.04 Å². The molecule has 110 valence electrons. The Bertz CT molecular complexity index is 488. The van der Waals surface area contributed by atoms with Crippen LogP contribution in [0.2, 0.25) is 0 Å². The van der Waals surface area contributed by atoms with Gasteiger partial charge in [-0.1, -0.05) is 0 Å².